The molecule has 0 spiro atoms. The molecular formula is C17H30N4S. The number of hydrogen-bond acceptors (Lipinski definition) is 3. The Balaban J connectivity index is 2.06. The van der Waals surface area contributed by atoms with E-state index in [2.05, 4.69) is 57.1 Å². The minimum Gasteiger partial charge on any atom is -0.357 e. The van der Waals surface area contributed by atoms with Crippen LogP contribution in [-0.2, 0) is 12.0 Å². The van der Waals surface area contributed by atoms with Gasteiger partial charge >= 0.3 is 0 Å². The van der Waals surface area contributed by atoms with E-state index in [-0.39, 0.29) is 5.41 Å². The summed E-state index contributed by atoms with van der Waals surface area (Å²) in [6, 6.07) is 0. The highest BCUT2D eigenvalue weighted by Crippen LogP contribution is 2.29. The van der Waals surface area contributed by atoms with E-state index in [0.29, 0.717) is 12.0 Å². The Morgan fingerprint density at radius 1 is 1.45 bits per heavy atom. The van der Waals surface area contributed by atoms with E-state index in [1.807, 2.05) is 0 Å². The number of nitrogens with zero attached hydrogens (tertiary/aromatic N) is 3. The molecule has 0 aliphatic carbocycles. The van der Waals surface area contributed by atoms with Gasteiger partial charge in [0.2, 0.25) is 0 Å². The quantitative estimate of drug-likeness (QED) is 0.682. The van der Waals surface area contributed by atoms with Gasteiger partial charge in [0.05, 0.1) is 17.2 Å². The van der Waals surface area contributed by atoms with Gasteiger partial charge in [-0.2, -0.15) is 0 Å². The van der Waals surface area contributed by atoms with Crippen LogP contribution in [0.2, 0.25) is 0 Å². The smallest absolute Gasteiger partial charge is 0.194 e. The number of rotatable bonds is 3. The van der Waals surface area contributed by atoms with E-state index in [1.54, 1.807) is 11.3 Å². The Bertz CT molecular complexity index is 525. The first-order valence-corrected chi connectivity index (χ1v) is 9.07. The van der Waals surface area contributed by atoms with Crippen molar-refractivity contribution in [3.63, 3.8) is 0 Å². The van der Waals surface area contributed by atoms with Crippen molar-refractivity contribution in [3.8, 4) is 0 Å². The minimum atomic E-state index is 0.121. The highest BCUT2D eigenvalue weighted by molar-refractivity contribution is 7.09. The molecule has 0 atom stereocenters. The van der Waals surface area contributed by atoms with Crippen LogP contribution in [0.15, 0.2) is 10.4 Å². The lowest BCUT2D eigenvalue weighted by Gasteiger charge is -2.23. The molecule has 0 radical (unpaired) electrons. The zero-order valence-corrected chi connectivity index (χ0v) is 15.7. The Labute approximate surface area is 139 Å². The number of hydrogen-bond donors (Lipinski definition) is 1. The van der Waals surface area contributed by atoms with Crippen molar-refractivity contribution in [1.29, 1.82) is 0 Å². The first-order chi connectivity index (χ1) is 10.2. The lowest BCUT2D eigenvalue weighted by molar-refractivity contribution is 0.370. The van der Waals surface area contributed by atoms with Crippen molar-refractivity contribution >= 4 is 17.3 Å². The average Bonchev–Trinajstić information content (AvgIpc) is 3.00. The fourth-order valence-corrected chi connectivity index (χ4v) is 3.50. The summed E-state index contributed by atoms with van der Waals surface area (Å²) in [5, 5.41) is 6.75. The van der Waals surface area contributed by atoms with Crippen LogP contribution in [0.5, 0.6) is 0 Å². The number of guanidine groups is 1. The molecule has 1 N–H and O–H groups in total. The maximum absolute atomic E-state index is 4.80. The molecule has 124 valence electrons. The zero-order chi connectivity index (χ0) is 16.4. The molecule has 0 amide bonds. The fraction of sp³-hybridized carbons (Fsp3) is 0.765. The van der Waals surface area contributed by atoms with Crippen molar-refractivity contribution in [3.05, 3.63) is 16.1 Å². The number of nitrogens with one attached hydrogen (secondary N) is 1. The van der Waals surface area contributed by atoms with Gasteiger partial charge in [-0.25, -0.2) is 9.98 Å². The highest BCUT2D eigenvalue weighted by Gasteiger charge is 2.30. The molecule has 1 aliphatic rings. The van der Waals surface area contributed by atoms with Gasteiger partial charge in [-0.15, -0.1) is 11.3 Å². The third-order valence-electron chi connectivity index (χ3n) is 3.90. The van der Waals surface area contributed by atoms with Gasteiger partial charge in [0.1, 0.15) is 0 Å². The summed E-state index contributed by atoms with van der Waals surface area (Å²) < 4.78 is 0. The highest BCUT2D eigenvalue weighted by atomic mass is 32.1. The molecule has 0 bridgehead atoms. The molecule has 1 fully saturated rings. The lowest BCUT2D eigenvalue weighted by atomic mass is 9.93. The van der Waals surface area contributed by atoms with Crippen LogP contribution < -0.4 is 5.32 Å². The predicted octanol–water partition coefficient (Wildman–Crippen LogP) is 3.64. The van der Waals surface area contributed by atoms with Crippen LogP contribution in [0.25, 0.3) is 0 Å². The van der Waals surface area contributed by atoms with Crippen LogP contribution >= 0.6 is 11.3 Å². The van der Waals surface area contributed by atoms with Crippen LogP contribution in [-0.4, -0.2) is 35.5 Å². The van der Waals surface area contributed by atoms with Gasteiger partial charge < -0.3 is 10.2 Å². The van der Waals surface area contributed by atoms with Crippen LogP contribution in [0.1, 0.15) is 58.7 Å². The largest absolute Gasteiger partial charge is 0.357 e. The Hall–Kier alpha value is -1.10. The summed E-state index contributed by atoms with van der Waals surface area (Å²) in [4.78, 5) is 11.9. The molecule has 4 nitrogen and oxygen atoms in total. The SMILES string of the molecule is CCNC(=NCc1csc(C(C)(C)C)n1)N1CCC(C)(C)C1. The second-order valence-corrected chi connectivity index (χ2v) is 8.76. The summed E-state index contributed by atoms with van der Waals surface area (Å²) in [6.45, 7) is 17.1. The minimum absolute atomic E-state index is 0.121. The molecule has 1 aromatic heterocycles. The van der Waals surface area contributed by atoms with Gasteiger partial charge in [-0.1, -0.05) is 34.6 Å². The van der Waals surface area contributed by atoms with Gasteiger partial charge in [0.25, 0.3) is 0 Å². The van der Waals surface area contributed by atoms with Crippen LogP contribution in [0, 0.1) is 5.41 Å². The van der Waals surface area contributed by atoms with E-state index >= 15 is 0 Å². The summed E-state index contributed by atoms with van der Waals surface area (Å²) in [7, 11) is 0. The van der Waals surface area contributed by atoms with Crippen LogP contribution in [0.4, 0.5) is 0 Å². The van der Waals surface area contributed by atoms with Crippen molar-refractivity contribution in [2.75, 3.05) is 19.6 Å². The number of aliphatic imine (C=N–C) groups is 1. The second-order valence-electron chi connectivity index (χ2n) is 7.90. The van der Waals surface area contributed by atoms with Crippen molar-refractivity contribution in [2.24, 2.45) is 10.4 Å². The van der Waals surface area contributed by atoms with Crippen molar-refractivity contribution in [2.45, 2.75) is 59.9 Å². The van der Waals surface area contributed by atoms with E-state index in [0.717, 1.165) is 31.3 Å². The monoisotopic (exact) mass is 322 g/mol. The van der Waals surface area contributed by atoms with E-state index in [4.69, 9.17) is 9.98 Å². The topological polar surface area (TPSA) is 40.5 Å². The second kappa shape index (κ2) is 6.57. The molecule has 2 rings (SSSR count). The molecule has 0 unspecified atom stereocenters. The molecular weight excluding hydrogens is 292 g/mol. The van der Waals surface area contributed by atoms with Crippen molar-refractivity contribution in [1.82, 2.24) is 15.2 Å². The molecule has 1 aliphatic heterocycles. The maximum Gasteiger partial charge on any atom is 0.194 e. The summed E-state index contributed by atoms with van der Waals surface area (Å²) >= 11 is 1.74. The first-order valence-electron chi connectivity index (χ1n) is 8.19. The zero-order valence-electron chi connectivity index (χ0n) is 14.9. The third kappa shape index (κ3) is 4.45. The Kier molecular flexibility index (Phi) is 5.15. The molecule has 2 heterocycles. The molecule has 1 aromatic rings. The van der Waals surface area contributed by atoms with Gasteiger partial charge in [0.15, 0.2) is 5.96 Å². The number of likely N-dealkylation sites (tertiary alicyclic amines) is 1. The molecule has 0 saturated carbocycles. The van der Waals surface area contributed by atoms with Crippen LogP contribution in [0.3, 0.4) is 0 Å². The van der Waals surface area contributed by atoms with Gasteiger partial charge in [0, 0.05) is 30.4 Å². The standard InChI is InChI=1S/C17H30N4S/c1-7-18-15(21-9-8-17(5,6)12-21)19-10-13-11-22-14(20-13)16(2,3)4/h11H,7-10,12H2,1-6H3,(H,18,19). The molecule has 0 aromatic carbocycles. The predicted molar refractivity (Wildman–Crippen MR) is 95.6 cm³/mol. The van der Waals surface area contributed by atoms with Crippen molar-refractivity contribution < 1.29 is 0 Å². The third-order valence-corrected chi connectivity index (χ3v) is 5.21. The molecule has 22 heavy (non-hydrogen) atoms. The van der Waals surface area contributed by atoms with Gasteiger partial charge in [-0.05, 0) is 18.8 Å². The average molecular weight is 323 g/mol. The summed E-state index contributed by atoms with van der Waals surface area (Å²) in [6.07, 6.45) is 1.22. The van der Waals surface area contributed by atoms with E-state index in [1.165, 1.54) is 11.4 Å². The number of aromatic nitrogens is 1. The summed E-state index contributed by atoms with van der Waals surface area (Å²) in [5.41, 5.74) is 1.58. The normalized spacial score (nSPS) is 18.8. The maximum atomic E-state index is 4.80. The Morgan fingerprint density at radius 3 is 2.68 bits per heavy atom. The summed E-state index contributed by atoms with van der Waals surface area (Å²) in [5.74, 6) is 1.03. The van der Waals surface area contributed by atoms with E-state index < -0.39 is 0 Å². The molecule has 1 saturated heterocycles. The van der Waals surface area contributed by atoms with Gasteiger partial charge in [-0.3, -0.25) is 0 Å². The van der Waals surface area contributed by atoms with E-state index in [9.17, 15) is 0 Å². The lowest BCUT2D eigenvalue weighted by Crippen LogP contribution is -2.40. The number of thiazole rings is 1. The molecule has 5 heteroatoms. The fourth-order valence-electron chi connectivity index (χ4n) is 2.60. The first kappa shape index (κ1) is 17.3. The Morgan fingerprint density at radius 2 is 2.18 bits per heavy atom.